The third kappa shape index (κ3) is 30.3. The summed E-state index contributed by atoms with van der Waals surface area (Å²) in [5.41, 5.74) is 5.96. The lowest BCUT2D eigenvalue weighted by molar-refractivity contribution is -0.0507. The van der Waals surface area contributed by atoms with Crippen molar-refractivity contribution in [2.75, 3.05) is 19.6 Å². The minimum absolute atomic E-state index is 0.00370. The second-order valence-corrected chi connectivity index (χ2v) is 9.25. The van der Waals surface area contributed by atoms with Crippen LogP contribution in [0, 0.1) is 27.7 Å². The minimum atomic E-state index is -2.83. The number of rotatable bonds is 7. The number of alkyl halides is 4. The van der Waals surface area contributed by atoms with Gasteiger partial charge in [0.2, 0.25) is 0 Å². The highest BCUT2D eigenvalue weighted by atomic mass is 19.3. The SMILES string of the molecule is CC.COc1ccc(C)nc1.COc1ccc(C)nc1.Cc1ccc(O)cn1.Cc1ccc(OC(F)F)cn1.NN.NN.NNc1ccc(OC(F)F)cn1. The molecule has 0 saturated heterocycles. The number of pyridine rings is 5. The van der Waals surface area contributed by atoms with Gasteiger partial charge < -0.3 is 29.5 Å². The summed E-state index contributed by atoms with van der Waals surface area (Å²) in [6, 6.07) is 16.8. The molecule has 0 unspecified atom stereocenters. The molecule has 0 aliphatic rings. The molecular weight excluding hydrogens is 730 g/mol. The highest BCUT2D eigenvalue weighted by Crippen LogP contribution is 2.14. The molecule has 20 heteroatoms. The van der Waals surface area contributed by atoms with Crippen LogP contribution in [0.15, 0.2) is 91.6 Å². The molecule has 0 radical (unpaired) electrons. The monoisotopic (exact) mass is 783 g/mol. The van der Waals surface area contributed by atoms with Crippen LogP contribution >= 0.6 is 0 Å². The van der Waals surface area contributed by atoms with E-state index < -0.39 is 13.2 Å². The standard InChI is InChI=1S/C7H7F2NO.2C7H9NO.C6H7F2N3O.C6H7NO.C2H6.2H4N2/c1-5-2-3-6(4-10-5)11-7(8)9;2*1-6-3-4-7(9-2)5-8-6;7-6(8)12-4-1-2-5(11-9)10-3-4;1-5-2-3-6(8)4-7-5;3*1-2/h2-4,7H,1H3;2*3-5H,1-2H3;1-3,6H,9H2,(H,10,11);2-4,8H,1H3;1-2H3;2*1-2H2. The van der Waals surface area contributed by atoms with Gasteiger partial charge in [-0.25, -0.2) is 10.8 Å². The van der Waals surface area contributed by atoms with E-state index in [0.717, 1.165) is 40.5 Å². The normalized spacial score (nSPS) is 8.85. The highest BCUT2D eigenvalue weighted by Gasteiger charge is 2.04. The van der Waals surface area contributed by atoms with Crippen molar-refractivity contribution in [3.63, 3.8) is 0 Å². The molecule has 0 aromatic carbocycles. The van der Waals surface area contributed by atoms with Gasteiger partial charge in [-0.05, 0) is 88.4 Å². The second kappa shape index (κ2) is 35.1. The van der Waals surface area contributed by atoms with Crippen molar-refractivity contribution < 1.29 is 41.6 Å². The van der Waals surface area contributed by atoms with Gasteiger partial charge >= 0.3 is 13.2 Å². The number of nitrogens with two attached hydrogens (primary N) is 5. The molecule has 0 fully saturated rings. The van der Waals surface area contributed by atoms with Gasteiger partial charge in [-0.2, -0.15) is 17.6 Å². The summed E-state index contributed by atoms with van der Waals surface area (Å²) >= 11 is 0. The zero-order valence-electron chi connectivity index (χ0n) is 32.0. The first-order valence-corrected chi connectivity index (χ1v) is 15.8. The van der Waals surface area contributed by atoms with Crippen LogP contribution in [0.5, 0.6) is 28.7 Å². The van der Waals surface area contributed by atoms with Crippen molar-refractivity contribution in [1.29, 1.82) is 0 Å². The number of methoxy groups -OCH3 is 2. The quantitative estimate of drug-likeness (QED) is 0.0609. The van der Waals surface area contributed by atoms with E-state index in [2.05, 4.69) is 63.2 Å². The number of hydrogen-bond acceptors (Lipinski definition) is 16. The second-order valence-electron chi connectivity index (χ2n) is 9.25. The number of aryl methyl sites for hydroxylation is 4. The van der Waals surface area contributed by atoms with Crippen LogP contribution in [0.25, 0.3) is 0 Å². The van der Waals surface area contributed by atoms with E-state index >= 15 is 0 Å². The Morgan fingerprint density at radius 1 is 0.509 bits per heavy atom. The first-order chi connectivity index (χ1) is 26.3. The maximum atomic E-state index is 11.6. The van der Waals surface area contributed by atoms with Gasteiger partial charge in [-0.3, -0.25) is 43.3 Å². The predicted molar refractivity (Wildman–Crippen MR) is 204 cm³/mol. The number of hydrazine groups is 3. The Morgan fingerprint density at radius 3 is 1.04 bits per heavy atom. The molecule has 0 atom stereocenters. The first-order valence-electron chi connectivity index (χ1n) is 15.8. The van der Waals surface area contributed by atoms with Crippen LogP contribution < -0.4 is 53.6 Å². The van der Waals surface area contributed by atoms with Gasteiger partial charge in [0.15, 0.2) is 0 Å². The van der Waals surface area contributed by atoms with Crippen LogP contribution in [0.1, 0.15) is 36.6 Å². The van der Waals surface area contributed by atoms with Crippen LogP contribution in [-0.2, 0) is 0 Å². The van der Waals surface area contributed by atoms with Gasteiger partial charge in [0.25, 0.3) is 0 Å². The van der Waals surface area contributed by atoms with Crippen molar-refractivity contribution in [3.05, 3.63) is 114 Å². The largest absolute Gasteiger partial charge is 0.506 e. The third-order valence-electron chi connectivity index (χ3n) is 5.35. The number of aromatic hydroxyl groups is 1. The Hall–Kier alpha value is -5.93. The lowest BCUT2D eigenvalue weighted by Crippen LogP contribution is -2.08. The number of hydrogen-bond donors (Lipinski definition) is 7. The Balaban J connectivity index is -0.000000597. The molecule has 0 aliphatic heterocycles. The molecule has 55 heavy (non-hydrogen) atoms. The molecule has 16 nitrogen and oxygen atoms in total. The fourth-order valence-electron chi connectivity index (χ4n) is 2.88. The average molecular weight is 784 g/mol. The van der Waals surface area contributed by atoms with Crippen molar-refractivity contribution in [1.82, 2.24) is 24.9 Å². The van der Waals surface area contributed by atoms with E-state index in [0.29, 0.717) is 5.82 Å². The molecular formula is C35H53F4N11O5. The Labute approximate surface area is 319 Å². The number of nitrogens with one attached hydrogen (secondary N) is 1. The lowest BCUT2D eigenvalue weighted by Gasteiger charge is -2.03. The van der Waals surface area contributed by atoms with Crippen molar-refractivity contribution >= 4 is 5.82 Å². The van der Waals surface area contributed by atoms with Crippen molar-refractivity contribution in [3.8, 4) is 28.7 Å². The summed E-state index contributed by atoms with van der Waals surface area (Å²) in [6.07, 6.45) is 7.25. The summed E-state index contributed by atoms with van der Waals surface area (Å²) in [5, 5.41) is 8.69. The molecule has 0 spiro atoms. The zero-order valence-corrected chi connectivity index (χ0v) is 32.0. The number of aromatic nitrogens is 5. The van der Waals surface area contributed by atoms with Gasteiger partial charge in [-0.15, -0.1) is 0 Å². The van der Waals surface area contributed by atoms with E-state index in [1.807, 2.05) is 58.9 Å². The Kier molecular flexibility index (Phi) is 34.1. The topological polar surface area (TPSA) is 264 Å². The fourth-order valence-corrected chi connectivity index (χ4v) is 2.88. The van der Waals surface area contributed by atoms with Gasteiger partial charge in [0.05, 0.1) is 45.2 Å². The minimum Gasteiger partial charge on any atom is -0.506 e. The van der Waals surface area contributed by atoms with Gasteiger partial charge in [0.1, 0.15) is 34.6 Å². The number of halogens is 4. The van der Waals surface area contributed by atoms with Crippen LogP contribution in [0.4, 0.5) is 23.4 Å². The molecule has 12 N–H and O–H groups in total. The summed E-state index contributed by atoms with van der Waals surface area (Å²) in [7, 11) is 3.26. The smallest absolute Gasteiger partial charge is 0.387 e. The molecule has 5 aromatic heterocycles. The molecule has 5 heterocycles. The van der Waals surface area contributed by atoms with Crippen LogP contribution in [0.3, 0.4) is 0 Å². The van der Waals surface area contributed by atoms with E-state index in [1.54, 1.807) is 51.7 Å². The Bertz CT molecular complexity index is 1500. The van der Waals surface area contributed by atoms with Crippen LogP contribution in [0.2, 0.25) is 0 Å². The molecule has 5 rings (SSSR count). The summed E-state index contributed by atoms with van der Waals surface area (Å²) in [6.45, 7) is 5.92. The van der Waals surface area contributed by atoms with Gasteiger partial charge in [0, 0.05) is 22.8 Å². The first kappa shape index (κ1) is 53.4. The number of ether oxygens (including phenoxy) is 4. The van der Waals surface area contributed by atoms with E-state index in [1.165, 1.54) is 30.6 Å². The molecule has 5 aromatic rings. The maximum Gasteiger partial charge on any atom is 0.387 e. The summed E-state index contributed by atoms with van der Waals surface area (Å²) < 4.78 is 64.3. The molecule has 306 valence electrons. The maximum absolute atomic E-state index is 11.6. The lowest BCUT2D eigenvalue weighted by atomic mass is 10.4. The Morgan fingerprint density at radius 2 is 0.818 bits per heavy atom. The predicted octanol–water partition coefficient (Wildman–Crippen LogP) is 5.52. The number of anilines is 1. The van der Waals surface area contributed by atoms with Crippen molar-refractivity contribution in [2.24, 2.45) is 29.2 Å². The molecule has 0 saturated carbocycles. The highest BCUT2D eigenvalue weighted by molar-refractivity contribution is 5.35. The van der Waals surface area contributed by atoms with E-state index in [4.69, 9.17) is 20.4 Å². The third-order valence-corrected chi connectivity index (χ3v) is 5.35. The summed E-state index contributed by atoms with van der Waals surface area (Å²) in [5.74, 6) is 23.3. The van der Waals surface area contributed by atoms with Crippen LogP contribution in [-0.4, -0.2) is 57.5 Å². The molecule has 0 amide bonds. The average Bonchev–Trinajstić information content (AvgIpc) is 3.21. The van der Waals surface area contributed by atoms with Gasteiger partial charge in [-0.1, -0.05) is 13.8 Å². The van der Waals surface area contributed by atoms with E-state index in [9.17, 15) is 17.6 Å². The van der Waals surface area contributed by atoms with E-state index in [-0.39, 0.29) is 17.2 Å². The number of nitrogens with zero attached hydrogens (tertiary/aromatic N) is 5. The summed E-state index contributed by atoms with van der Waals surface area (Å²) in [4.78, 5) is 19.3. The van der Waals surface area contributed by atoms with Crippen molar-refractivity contribution in [2.45, 2.75) is 54.8 Å². The fraction of sp³-hybridized carbons (Fsp3) is 0.286. The molecule has 0 bridgehead atoms. The number of nitrogen functional groups attached to an aromatic ring is 1. The molecule has 0 aliphatic carbocycles. The zero-order chi connectivity index (χ0) is 42.6.